The molecular weight excluding hydrogens is 438 g/mol. The molecule has 0 spiro atoms. The first-order chi connectivity index (χ1) is 15.7. The average molecular weight is 478 g/mol. The van der Waals surface area contributed by atoms with Crippen LogP contribution in [0.15, 0.2) is 28.8 Å². The number of nitrogens with one attached hydrogen (secondary N) is 2. The van der Waals surface area contributed by atoms with E-state index in [0.717, 1.165) is 38.2 Å². The number of hydrogen-bond donors (Lipinski definition) is 2. The first kappa shape index (κ1) is 27.3. The maximum absolute atomic E-state index is 12.1. The minimum absolute atomic E-state index is 0. The van der Waals surface area contributed by atoms with Crippen LogP contribution >= 0.6 is 12.4 Å². The highest BCUT2D eigenvalue weighted by Crippen LogP contribution is 2.18. The van der Waals surface area contributed by atoms with Gasteiger partial charge in [-0.2, -0.15) is 4.98 Å². The summed E-state index contributed by atoms with van der Waals surface area (Å²) in [6.45, 7) is 6.58. The number of unbranched alkanes of at least 4 members (excludes halogenated alkanes) is 7. The van der Waals surface area contributed by atoms with Crippen LogP contribution < -0.4 is 10.6 Å². The van der Waals surface area contributed by atoms with Crippen LogP contribution in [0.1, 0.15) is 69.7 Å². The summed E-state index contributed by atoms with van der Waals surface area (Å²) in [4.78, 5) is 18.7. The number of carbonyl (C=O) groups excluding carboxylic acids is 1. The molecule has 2 heterocycles. The van der Waals surface area contributed by atoms with E-state index in [0.29, 0.717) is 18.3 Å². The van der Waals surface area contributed by atoms with Crippen LogP contribution in [-0.4, -0.2) is 53.7 Å². The number of rotatable bonds is 14. The van der Waals surface area contributed by atoms with Crippen molar-refractivity contribution in [3.05, 3.63) is 35.7 Å². The predicted octanol–water partition coefficient (Wildman–Crippen LogP) is 4.36. The standard InChI is InChI=1S/C25H39N5O2.ClH/c1-2-3-4-5-6-7-8-9-10-21-11-13-22(14-12-21)25-28-24(32-29-25)19-27-23(31)20-30-17-15-26-16-18-30;/h11-14,26H,2-10,15-20H2,1H3,(H,27,31);1H. The van der Waals surface area contributed by atoms with Gasteiger partial charge in [-0.05, 0) is 18.4 Å². The first-order valence-electron chi connectivity index (χ1n) is 12.4. The summed E-state index contributed by atoms with van der Waals surface area (Å²) in [5.74, 6) is 0.976. The zero-order chi connectivity index (χ0) is 22.4. The third-order valence-electron chi connectivity index (χ3n) is 6.01. The second-order valence-electron chi connectivity index (χ2n) is 8.74. The summed E-state index contributed by atoms with van der Waals surface area (Å²) < 4.78 is 5.32. The van der Waals surface area contributed by atoms with E-state index in [4.69, 9.17) is 4.52 Å². The van der Waals surface area contributed by atoms with Crippen molar-refractivity contribution >= 4 is 18.3 Å². The van der Waals surface area contributed by atoms with E-state index in [1.165, 1.54) is 56.9 Å². The molecule has 0 unspecified atom stereocenters. The Bertz CT molecular complexity index is 790. The van der Waals surface area contributed by atoms with Crippen LogP contribution in [0.3, 0.4) is 0 Å². The van der Waals surface area contributed by atoms with Crippen LogP contribution in [0.25, 0.3) is 11.4 Å². The summed E-state index contributed by atoms with van der Waals surface area (Å²) >= 11 is 0. The zero-order valence-electron chi connectivity index (χ0n) is 20.0. The van der Waals surface area contributed by atoms with Gasteiger partial charge in [0.25, 0.3) is 0 Å². The molecule has 0 aliphatic carbocycles. The molecule has 1 saturated heterocycles. The van der Waals surface area contributed by atoms with Gasteiger partial charge in [0.15, 0.2) is 0 Å². The van der Waals surface area contributed by atoms with Crippen molar-refractivity contribution in [1.82, 2.24) is 25.7 Å². The van der Waals surface area contributed by atoms with Crippen molar-refractivity contribution in [2.24, 2.45) is 0 Å². The van der Waals surface area contributed by atoms with Gasteiger partial charge in [0.2, 0.25) is 17.6 Å². The number of halogens is 1. The van der Waals surface area contributed by atoms with Gasteiger partial charge in [-0.1, -0.05) is 81.3 Å². The lowest BCUT2D eigenvalue weighted by Crippen LogP contribution is -2.47. The Morgan fingerprint density at radius 2 is 1.70 bits per heavy atom. The van der Waals surface area contributed by atoms with Gasteiger partial charge in [-0.25, -0.2) is 0 Å². The van der Waals surface area contributed by atoms with Gasteiger partial charge in [0.05, 0.1) is 13.1 Å². The van der Waals surface area contributed by atoms with Crippen molar-refractivity contribution in [2.45, 2.75) is 71.3 Å². The molecule has 2 aromatic rings. The number of amides is 1. The van der Waals surface area contributed by atoms with Crippen molar-refractivity contribution < 1.29 is 9.32 Å². The zero-order valence-corrected chi connectivity index (χ0v) is 20.8. The summed E-state index contributed by atoms with van der Waals surface area (Å²) in [5.41, 5.74) is 2.29. The minimum atomic E-state index is -0.0167. The lowest BCUT2D eigenvalue weighted by atomic mass is 10.0. The molecule has 1 aliphatic heterocycles. The normalized spacial score (nSPS) is 14.1. The number of aromatic nitrogens is 2. The Labute approximate surface area is 204 Å². The van der Waals surface area contributed by atoms with Gasteiger partial charge >= 0.3 is 0 Å². The highest BCUT2D eigenvalue weighted by atomic mass is 35.5. The van der Waals surface area contributed by atoms with Crippen molar-refractivity contribution in [1.29, 1.82) is 0 Å². The molecule has 0 bridgehead atoms. The van der Waals surface area contributed by atoms with E-state index in [1.807, 2.05) is 0 Å². The van der Waals surface area contributed by atoms with Crippen molar-refractivity contribution in [2.75, 3.05) is 32.7 Å². The predicted molar refractivity (Wildman–Crippen MR) is 134 cm³/mol. The maximum atomic E-state index is 12.1. The molecule has 8 heteroatoms. The number of aryl methyl sites for hydroxylation is 1. The van der Waals surface area contributed by atoms with E-state index < -0.39 is 0 Å². The largest absolute Gasteiger partial charge is 0.346 e. The number of carbonyl (C=O) groups is 1. The van der Waals surface area contributed by atoms with Crippen LogP contribution in [0, 0.1) is 0 Å². The Kier molecular flexibility index (Phi) is 13.1. The van der Waals surface area contributed by atoms with Crippen molar-refractivity contribution in [3.8, 4) is 11.4 Å². The van der Waals surface area contributed by atoms with E-state index in [2.05, 4.69) is 56.9 Å². The third-order valence-corrected chi connectivity index (χ3v) is 6.01. The minimum Gasteiger partial charge on any atom is -0.346 e. The molecule has 0 atom stereocenters. The number of hydrogen-bond acceptors (Lipinski definition) is 6. The molecule has 1 fully saturated rings. The summed E-state index contributed by atoms with van der Waals surface area (Å²) in [6, 6.07) is 8.42. The highest BCUT2D eigenvalue weighted by Gasteiger charge is 2.14. The quantitative estimate of drug-likeness (QED) is 0.393. The van der Waals surface area contributed by atoms with E-state index >= 15 is 0 Å². The number of piperazine rings is 1. The van der Waals surface area contributed by atoms with Crippen LogP contribution in [-0.2, 0) is 17.8 Å². The molecule has 184 valence electrons. The smallest absolute Gasteiger partial charge is 0.246 e. The topological polar surface area (TPSA) is 83.3 Å². The second-order valence-corrected chi connectivity index (χ2v) is 8.74. The molecule has 7 nitrogen and oxygen atoms in total. The maximum Gasteiger partial charge on any atom is 0.246 e. The van der Waals surface area contributed by atoms with Crippen molar-refractivity contribution in [3.63, 3.8) is 0 Å². The van der Waals surface area contributed by atoms with Gasteiger partial charge in [-0.15, -0.1) is 12.4 Å². The molecule has 1 aliphatic rings. The third kappa shape index (κ3) is 10.2. The highest BCUT2D eigenvalue weighted by molar-refractivity contribution is 5.85. The number of nitrogens with zero attached hydrogens (tertiary/aromatic N) is 3. The Morgan fingerprint density at radius 3 is 2.39 bits per heavy atom. The molecule has 1 aromatic carbocycles. The average Bonchev–Trinajstić information content (AvgIpc) is 3.30. The molecule has 3 rings (SSSR count). The van der Waals surface area contributed by atoms with Crippen LogP contribution in [0.4, 0.5) is 0 Å². The first-order valence-corrected chi connectivity index (χ1v) is 12.4. The van der Waals surface area contributed by atoms with Crippen LogP contribution in [0.2, 0.25) is 0 Å². The van der Waals surface area contributed by atoms with E-state index in [-0.39, 0.29) is 24.9 Å². The molecule has 0 radical (unpaired) electrons. The van der Waals surface area contributed by atoms with E-state index in [9.17, 15) is 4.79 Å². The SMILES string of the molecule is CCCCCCCCCCc1ccc(-c2noc(CNC(=O)CN3CCNCC3)n2)cc1.Cl. The number of benzene rings is 1. The fourth-order valence-electron chi connectivity index (χ4n) is 4.03. The van der Waals surface area contributed by atoms with Gasteiger partial charge in [-0.3, -0.25) is 9.69 Å². The lowest BCUT2D eigenvalue weighted by molar-refractivity contribution is -0.122. The van der Waals surface area contributed by atoms with Gasteiger partial charge in [0.1, 0.15) is 0 Å². The Hall–Kier alpha value is -1.96. The lowest BCUT2D eigenvalue weighted by Gasteiger charge is -2.26. The molecule has 33 heavy (non-hydrogen) atoms. The molecule has 1 aromatic heterocycles. The van der Waals surface area contributed by atoms with Gasteiger partial charge < -0.3 is 15.2 Å². The van der Waals surface area contributed by atoms with Crippen LogP contribution in [0.5, 0.6) is 0 Å². The molecule has 1 amide bonds. The molecule has 0 saturated carbocycles. The van der Waals surface area contributed by atoms with E-state index in [1.54, 1.807) is 0 Å². The summed E-state index contributed by atoms with van der Waals surface area (Å²) in [6.07, 6.45) is 11.8. The Balaban J connectivity index is 0.00000385. The fraction of sp³-hybridized carbons (Fsp3) is 0.640. The summed E-state index contributed by atoms with van der Waals surface area (Å²) in [7, 11) is 0. The Morgan fingerprint density at radius 1 is 1.03 bits per heavy atom. The summed E-state index contributed by atoms with van der Waals surface area (Å²) in [5, 5.41) is 10.2. The molecule has 2 N–H and O–H groups in total. The monoisotopic (exact) mass is 477 g/mol. The van der Waals surface area contributed by atoms with Gasteiger partial charge in [0, 0.05) is 31.7 Å². The fourth-order valence-corrected chi connectivity index (χ4v) is 4.03. The molecular formula is C25H40ClN5O2. The second kappa shape index (κ2) is 15.8.